The third-order valence-electron chi connectivity index (χ3n) is 6.06. The molecule has 1 amide bonds. The van der Waals surface area contributed by atoms with Crippen molar-refractivity contribution in [3.63, 3.8) is 0 Å². The second kappa shape index (κ2) is 8.21. The Morgan fingerprint density at radius 2 is 2.06 bits per heavy atom. The summed E-state index contributed by atoms with van der Waals surface area (Å²) in [6, 6.07) is 13.2. The standard InChI is InChI=1S/C24H21N5O4S/c1-14-4-2-3-5-18(14)29-22-17(11-26-29)23(31)28-16(12-34-24(28)27-22)9-21(30)25-10-15-6-7-19-20(8-15)33-13-32-19/h2-8,11,16H,9-10,12-13H2,1H3,(H,25,30). The zero-order valence-corrected chi connectivity index (χ0v) is 19.2. The van der Waals surface area contributed by atoms with Crippen LogP contribution in [-0.4, -0.2) is 37.8 Å². The molecule has 34 heavy (non-hydrogen) atoms. The Kier molecular flexibility index (Phi) is 5.02. The van der Waals surface area contributed by atoms with Gasteiger partial charge in [0, 0.05) is 18.7 Å². The quantitative estimate of drug-likeness (QED) is 0.443. The van der Waals surface area contributed by atoms with Gasteiger partial charge in [0.1, 0.15) is 5.39 Å². The van der Waals surface area contributed by atoms with E-state index in [0.29, 0.717) is 40.0 Å². The van der Waals surface area contributed by atoms with Crippen molar-refractivity contribution in [1.29, 1.82) is 0 Å². The molecule has 0 spiro atoms. The molecular formula is C24H21N5O4S. The summed E-state index contributed by atoms with van der Waals surface area (Å²) in [6.45, 7) is 2.58. The Balaban J connectivity index is 1.22. The number of aryl methyl sites for hydroxylation is 1. The van der Waals surface area contributed by atoms with E-state index in [9.17, 15) is 9.59 Å². The molecular weight excluding hydrogens is 454 g/mol. The zero-order valence-electron chi connectivity index (χ0n) is 18.4. The summed E-state index contributed by atoms with van der Waals surface area (Å²) >= 11 is 1.49. The van der Waals surface area contributed by atoms with Crippen molar-refractivity contribution in [2.75, 3.05) is 12.5 Å². The van der Waals surface area contributed by atoms with E-state index >= 15 is 0 Å². The van der Waals surface area contributed by atoms with E-state index in [1.54, 1.807) is 15.4 Å². The van der Waals surface area contributed by atoms with E-state index in [0.717, 1.165) is 16.8 Å². The minimum atomic E-state index is -0.261. The molecule has 172 valence electrons. The van der Waals surface area contributed by atoms with Gasteiger partial charge in [-0.05, 0) is 36.2 Å². The van der Waals surface area contributed by atoms with Crippen LogP contribution >= 0.6 is 11.8 Å². The molecule has 0 saturated carbocycles. The maximum Gasteiger partial charge on any atom is 0.265 e. The van der Waals surface area contributed by atoms with Gasteiger partial charge in [0.15, 0.2) is 22.3 Å². The largest absolute Gasteiger partial charge is 0.454 e. The number of rotatable bonds is 5. The number of hydrogen-bond donors (Lipinski definition) is 1. The summed E-state index contributed by atoms with van der Waals surface area (Å²) in [5.74, 6) is 1.88. The van der Waals surface area contributed by atoms with Crippen LogP contribution in [0.5, 0.6) is 11.5 Å². The van der Waals surface area contributed by atoms with Gasteiger partial charge in [-0.1, -0.05) is 36.0 Å². The summed E-state index contributed by atoms with van der Waals surface area (Å²) in [5, 5.41) is 8.43. The number of para-hydroxylation sites is 1. The lowest BCUT2D eigenvalue weighted by atomic mass is 10.2. The van der Waals surface area contributed by atoms with Crippen molar-refractivity contribution in [3.8, 4) is 17.2 Å². The van der Waals surface area contributed by atoms with E-state index in [1.807, 2.05) is 49.4 Å². The van der Waals surface area contributed by atoms with Crippen LogP contribution in [-0.2, 0) is 11.3 Å². The van der Waals surface area contributed by atoms with Crippen molar-refractivity contribution < 1.29 is 14.3 Å². The number of carbonyl (C=O) groups excluding carboxylic acids is 1. The molecule has 4 heterocycles. The molecule has 6 rings (SSSR count). The lowest BCUT2D eigenvalue weighted by molar-refractivity contribution is -0.121. The Morgan fingerprint density at radius 3 is 2.94 bits per heavy atom. The molecule has 0 aliphatic carbocycles. The number of thioether (sulfide) groups is 1. The fourth-order valence-corrected chi connectivity index (χ4v) is 5.43. The topological polar surface area (TPSA) is 100 Å². The molecule has 1 unspecified atom stereocenters. The van der Waals surface area contributed by atoms with Gasteiger partial charge in [-0.3, -0.25) is 14.2 Å². The fraction of sp³-hybridized carbons (Fsp3) is 0.250. The maximum atomic E-state index is 13.3. The van der Waals surface area contributed by atoms with E-state index in [2.05, 4.69) is 10.4 Å². The van der Waals surface area contributed by atoms with Crippen molar-refractivity contribution in [2.45, 2.75) is 31.1 Å². The third-order valence-corrected chi connectivity index (χ3v) is 7.16. The molecule has 0 bridgehead atoms. The van der Waals surface area contributed by atoms with Crippen LogP contribution in [0.2, 0.25) is 0 Å². The summed E-state index contributed by atoms with van der Waals surface area (Å²) in [6.07, 6.45) is 1.76. The SMILES string of the molecule is Cc1ccccc1-n1ncc2c(=O)n3c(nc21)SCC3CC(=O)NCc1ccc2c(c1)OCO2. The minimum absolute atomic E-state index is 0.126. The Labute approximate surface area is 198 Å². The lowest BCUT2D eigenvalue weighted by Gasteiger charge is -2.14. The Hall–Kier alpha value is -3.79. The van der Waals surface area contributed by atoms with Crippen LogP contribution in [0.1, 0.15) is 23.6 Å². The molecule has 0 radical (unpaired) electrons. The molecule has 2 aliphatic rings. The number of hydrogen-bond acceptors (Lipinski definition) is 7. The average Bonchev–Trinajstić information content (AvgIpc) is 3.57. The monoisotopic (exact) mass is 475 g/mol. The highest BCUT2D eigenvalue weighted by Gasteiger charge is 2.29. The number of ether oxygens (including phenoxy) is 2. The molecule has 2 aromatic carbocycles. The summed E-state index contributed by atoms with van der Waals surface area (Å²) < 4.78 is 14.0. The third kappa shape index (κ3) is 3.50. The molecule has 9 nitrogen and oxygen atoms in total. The number of nitrogens with zero attached hydrogens (tertiary/aromatic N) is 4. The van der Waals surface area contributed by atoms with Crippen LogP contribution < -0.4 is 20.3 Å². The number of amides is 1. The van der Waals surface area contributed by atoms with E-state index < -0.39 is 0 Å². The normalized spacial score (nSPS) is 16.1. The molecule has 1 atom stereocenters. The van der Waals surface area contributed by atoms with Gasteiger partial charge in [0.25, 0.3) is 5.56 Å². The Bertz CT molecular complexity index is 1490. The second-order valence-electron chi connectivity index (χ2n) is 8.28. The van der Waals surface area contributed by atoms with Crippen molar-refractivity contribution in [3.05, 3.63) is 70.1 Å². The highest BCUT2D eigenvalue weighted by molar-refractivity contribution is 7.99. The number of carbonyl (C=O) groups is 1. The van der Waals surface area contributed by atoms with Crippen molar-refractivity contribution >= 4 is 28.7 Å². The molecule has 2 aromatic heterocycles. The first-order valence-electron chi connectivity index (χ1n) is 10.9. The summed E-state index contributed by atoms with van der Waals surface area (Å²) in [7, 11) is 0. The number of fused-ring (bicyclic) bond motifs is 3. The van der Waals surface area contributed by atoms with Gasteiger partial charge >= 0.3 is 0 Å². The average molecular weight is 476 g/mol. The van der Waals surface area contributed by atoms with E-state index in [4.69, 9.17) is 14.5 Å². The van der Waals surface area contributed by atoms with Gasteiger partial charge in [-0.25, -0.2) is 9.67 Å². The highest BCUT2D eigenvalue weighted by atomic mass is 32.2. The van der Waals surface area contributed by atoms with Crippen LogP contribution in [0.15, 0.2) is 58.6 Å². The number of aromatic nitrogens is 4. The van der Waals surface area contributed by atoms with Gasteiger partial charge in [0.05, 0.1) is 17.9 Å². The molecule has 0 saturated heterocycles. The molecule has 0 fully saturated rings. The number of benzene rings is 2. The van der Waals surface area contributed by atoms with Crippen LogP contribution in [0.4, 0.5) is 0 Å². The zero-order chi connectivity index (χ0) is 23.2. The van der Waals surface area contributed by atoms with Crippen molar-refractivity contribution in [1.82, 2.24) is 24.6 Å². The van der Waals surface area contributed by atoms with Crippen LogP contribution in [0, 0.1) is 6.92 Å². The molecule has 2 aliphatic heterocycles. The first kappa shape index (κ1) is 20.8. The minimum Gasteiger partial charge on any atom is -0.454 e. The van der Waals surface area contributed by atoms with E-state index in [-0.39, 0.29) is 30.7 Å². The Morgan fingerprint density at radius 1 is 1.21 bits per heavy atom. The van der Waals surface area contributed by atoms with Gasteiger partial charge < -0.3 is 14.8 Å². The first-order chi connectivity index (χ1) is 16.6. The lowest BCUT2D eigenvalue weighted by Crippen LogP contribution is -2.30. The summed E-state index contributed by atoms with van der Waals surface area (Å²) in [4.78, 5) is 30.8. The van der Waals surface area contributed by atoms with E-state index in [1.165, 1.54) is 11.8 Å². The molecule has 4 aromatic rings. The fourth-order valence-electron chi connectivity index (χ4n) is 4.30. The van der Waals surface area contributed by atoms with Gasteiger partial charge in [0.2, 0.25) is 12.7 Å². The maximum absolute atomic E-state index is 13.3. The van der Waals surface area contributed by atoms with Crippen molar-refractivity contribution in [2.24, 2.45) is 0 Å². The van der Waals surface area contributed by atoms with Crippen LogP contribution in [0.3, 0.4) is 0 Å². The smallest absolute Gasteiger partial charge is 0.265 e. The summed E-state index contributed by atoms with van der Waals surface area (Å²) in [5.41, 5.74) is 3.21. The number of nitrogens with one attached hydrogen (secondary N) is 1. The van der Waals surface area contributed by atoms with Gasteiger partial charge in [-0.15, -0.1) is 0 Å². The molecule has 10 heteroatoms. The van der Waals surface area contributed by atoms with Crippen LogP contribution in [0.25, 0.3) is 16.7 Å². The predicted molar refractivity (Wildman–Crippen MR) is 127 cm³/mol. The first-order valence-corrected chi connectivity index (χ1v) is 11.9. The highest BCUT2D eigenvalue weighted by Crippen LogP contribution is 2.34. The predicted octanol–water partition coefficient (Wildman–Crippen LogP) is 2.97. The second-order valence-corrected chi connectivity index (χ2v) is 9.27. The van der Waals surface area contributed by atoms with Gasteiger partial charge in [-0.2, -0.15) is 5.10 Å². The molecule has 1 N–H and O–H groups in total.